The number of hydrogen-bond acceptors (Lipinski definition) is 4. The summed E-state index contributed by atoms with van der Waals surface area (Å²) in [5.74, 6) is 0.276. The Labute approximate surface area is 144 Å². The van der Waals surface area contributed by atoms with Crippen LogP contribution in [0.1, 0.15) is 18.4 Å². The number of rotatable bonds is 6. The molecule has 2 aliphatic rings. The van der Waals surface area contributed by atoms with E-state index >= 15 is 0 Å². The van der Waals surface area contributed by atoms with Crippen molar-refractivity contribution >= 4 is 23.6 Å². The van der Waals surface area contributed by atoms with E-state index in [1.54, 1.807) is 18.2 Å². The molecular weight excluding hydrogens is 329 g/mol. The van der Waals surface area contributed by atoms with Gasteiger partial charge in [-0.3, -0.25) is 9.59 Å². The number of thioether (sulfide) groups is 1. The first kappa shape index (κ1) is 17.2. The summed E-state index contributed by atoms with van der Waals surface area (Å²) >= 11 is 1.39. The van der Waals surface area contributed by atoms with Gasteiger partial charge in [0, 0.05) is 18.3 Å². The van der Waals surface area contributed by atoms with Crippen LogP contribution < -0.4 is 16.4 Å². The van der Waals surface area contributed by atoms with Crippen molar-refractivity contribution in [3.63, 3.8) is 0 Å². The fourth-order valence-electron chi connectivity index (χ4n) is 2.78. The molecule has 0 radical (unpaired) electrons. The molecule has 24 heavy (non-hydrogen) atoms. The molecule has 3 rings (SSSR count). The van der Waals surface area contributed by atoms with E-state index in [0.29, 0.717) is 30.2 Å². The summed E-state index contributed by atoms with van der Waals surface area (Å²) in [5.41, 5.74) is 6.48. The van der Waals surface area contributed by atoms with Gasteiger partial charge < -0.3 is 16.4 Å². The highest BCUT2D eigenvalue weighted by atomic mass is 32.2. The highest BCUT2D eigenvalue weighted by molar-refractivity contribution is 8.00. The summed E-state index contributed by atoms with van der Waals surface area (Å²) in [7, 11) is 0. The van der Waals surface area contributed by atoms with Gasteiger partial charge in [0.2, 0.25) is 11.8 Å². The lowest BCUT2D eigenvalue weighted by atomic mass is 10.1. The Morgan fingerprint density at radius 1 is 1.42 bits per heavy atom. The number of nitrogens with one attached hydrogen (secondary N) is 2. The van der Waals surface area contributed by atoms with Crippen LogP contribution in [0.5, 0.6) is 0 Å². The highest BCUT2D eigenvalue weighted by Crippen LogP contribution is 2.31. The minimum Gasteiger partial charge on any atom is -0.353 e. The first-order valence-electron chi connectivity index (χ1n) is 8.23. The molecule has 0 aromatic heterocycles. The number of benzene rings is 1. The Hall–Kier alpha value is -1.60. The van der Waals surface area contributed by atoms with Gasteiger partial charge in [0.1, 0.15) is 11.9 Å². The van der Waals surface area contributed by atoms with Crippen molar-refractivity contribution in [2.45, 2.75) is 36.6 Å². The van der Waals surface area contributed by atoms with E-state index in [9.17, 15) is 14.0 Å². The third-order valence-corrected chi connectivity index (χ3v) is 5.80. The molecule has 1 aromatic carbocycles. The van der Waals surface area contributed by atoms with E-state index in [2.05, 4.69) is 10.6 Å². The minimum atomic E-state index is -0.550. The molecule has 1 aliphatic carbocycles. The first-order chi connectivity index (χ1) is 11.5. The molecule has 0 spiro atoms. The number of amides is 2. The van der Waals surface area contributed by atoms with Crippen LogP contribution in [0, 0.1) is 11.7 Å². The molecule has 1 aromatic rings. The second-order valence-corrected chi connectivity index (χ2v) is 7.66. The summed E-state index contributed by atoms with van der Waals surface area (Å²) in [4.78, 5) is 24.4. The van der Waals surface area contributed by atoms with Gasteiger partial charge >= 0.3 is 0 Å². The fourth-order valence-corrected chi connectivity index (χ4v) is 3.96. The number of nitrogens with two attached hydrogens (primary N) is 1. The third-order valence-electron chi connectivity index (χ3n) is 4.49. The molecule has 1 saturated carbocycles. The molecule has 5 nitrogen and oxygen atoms in total. The van der Waals surface area contributed by atoms with Crippen LogP contribution in [0.25, 0.3) is 0 Å². The molecule has 1 heterocycles. The van der Waals surface area contributed by atoms with Gasteiger partial charge in [-0.25, -0.2) is 4.39 Å². The van der Waals surface area contributed by atoms with Crippen LogP contribution in [0.15, 0.2) is 24.3 Å². The van der Waals surface area contributed by atoms with Crippen molar-refractivity contribution in [1.82, 2.24) is 10.6 Å². The van der Waals surface area contributed by atoms with Crippen LogP contribution >= 0.6 is 11.8 Å². The smallest absolute Gasteiger partial charge is 0.243 e. The van der Waals surface area contributed by atoms with Gasteiger partial charge in [0.25, 0.3) is 0 Å². The summed E-state index contributed by atoms with van der Waals surface area (Å²) in [5, 5.41) is 5.18. The maximum Gasteiger partial charge on any atom is 0.243 e. The summed E-state index contributed by atoms with van der Waals surface area (Å²) < 4.78 is 13.7. The lowest BCUT2D eigenvalue weighted by molar-refractivity contribution is -0.128. The second-order valence-electron chi connectivity index (χ2n) is 6.43. The van der Waals surface area contributed by atoms with Gasteiger partial charge in [0.15, 0.2) is 0 Å². The number of carbonyl (C=O) groups is 2. The van der Waals surface area contributed by atoms with Crippen LogP contribution in [-0.4, -0.2) is 41.4 Å². The molecule has 130 valence electrons. The predicted octanol–water partition coefficient (Wildman–Crippen LogP) is 0.822. The predicted molar refractivity (Wildman–Crippen MR) is 92.0 cm³/mol. The molecule has 2 amide bonds. The van der Waals surface area contributed by atoms with Crippen LogP contribution in [0.2, 0.25) is 0 Å². The Morgan fingerprint density at radius 2 is 2.17 bits per heavy atom. The van der Waals surface area contributed by atoms with Crippen LogP contribution in [0.4, 0.5) is 4.39 Å². The quantitative estimate of drug-likeness (QED) is 0.709. The van der Waals surface area contributed by atoms with Crippen molar-refractivity contribution in [2.75, 3.05) is 12.3 Å². The molecule has 1 saturated heterocycles. The summed E-state index contributed by atoms with van der Waals surface area (Å²) in [6, 6.07) is 5.89. The van der Waals surface area contributed by atoms with E-state index in [0.717, 1.165) is 12.8 Å². The average Bonchev–Trinajstić information content (AvgIpc) is 3.41. The van der Waals surface area contributed by atoms with Gasteiger partial charge in [-0.1, -0.05) is 18.2 Å². The largest absolute Gasteiger partial charge is 0.353 e. The van der Waals surface area contributed by atoms with Gasteiger partial charge in [-0.05, 0) is 36.8 Å². The SMILES string of the molecule is NC(CNC(=O)C1CSC(Cc2ccccc2F)C(=O)N1)C1CC1. The van der Waals surface area contributed by atoms with Crippen LogP contribution in [-0.2, 0) is 16.0 Å². The van der Waals surface area contributed by atoms with Crippen molar-refractivity contribution in [2.24, 2.45) is 11.7 Å². The highest BCUT2D eigenvalue weighted by Gasteiger charge is 2.34. The second kappa shape index (κ2) is 7.53. The number of halogens is 1. The van der Waals surface area contributed by atoms with Crippen LogP contribution in [0.3, 0.4) is 0 Å². The normalized spacial score (nSPS) is 25.0. The maximum atomic E-state index is 13.7. The van der Waals surface area contributed by atoms with Gasteiger partial charge in [-0.2, -0.15) is 0 Å². The molecule has 2 fully saturated rings. The molecule has 0 bridgehead atoms. The van der Waals surface area contributed by atoms with Gasteiger partial charge in [0.05, 0.1) is 5.25 Å². The Bertz CT molecular complexity index is 624. The zero-order valence-electron chi connectivity index (χ0n) is 13.3. The molecule has 4 N–H and O–H groups in total. The Balaban J connectivity index is 1.48. The molecule has 1 aliphatic heterocycles. The van der Waals surface area contributed by atoms with Crippen molar-refractivity contribution in [3.05, 3.63) is 35.6 Å². The lowest BCUT2D eigenvalue weighted by Gasteiger charge is -2.28. The Morgan fingerprint density at radius 3 is 2.83 bits per heavy atom. The van der Waals surface area contributed by atoms with Crippen molar-refractivity contribution in [3.8, 4) is 0 Å². The van der Waals surface area contributed by atoms with Gasteiger partial charge in [-0.15, -0.1) is 11.8 Å². The van der Waals surface area contributed by atoms with E-state index in [-0.39, 0.29) is 28.9 Å². The van der Waals surface area contributed by atoms with E-state index in [1.807, 2.05) is 0 Å². The summed E-state index contributed by atoms with van der Waals surface area (Å²) in [6.07, 6.45) is 2.58. The monoisotopic (exact) mass is 351 g/mol. The van der Waals surface area contributed by atoms with Crippen molar-refractivity contribution in [1.29, 1.82) is 0 Å². The molecular formula is C17H22FN3O2S. The van der Waals surface area contributed by atoms with E-state index in [1.165, 1.54) is 17.8 Å². The standard InChI is InChI=1S/C17H22FN3O2S/c18-12-4-2-1-3-11(12)7-15-17(23)21-14(9-24-15)16(22)20-8-13(19)10-5-6-10/h1-4,10,13-15H,5-9,19H2,(H,20,22)(H,21,23). The Kier molecular flexibility index (Phi) is 5.40. The maximum absolute atomic E-state index is 13.7. The molecule has 3 atom stereocenters. The third kappa shape index (κ3) is 4.27. The lowest BCUT2D eigenvalue weighted by Crippen LogP contribution is -2.55. The summed E-state index contributed by atoms with van der Waals surface area (Å²) in [6.45, 7) is 0.444. The zero-order chi connectivity index (χ0) is 17.1. The number of carbonyl (C=O) groups excluding carboxylic acids is 2. The minimum absolute atomic E-state index is 0.00491. The van der Waals surface area contributed by atoms with Crippen molar-refractivity contribution < 1.29 is 14.0 Å². The van der Waals surface area contributed by atoms with E-state index < -0.39 is 6.04 Å². The zero-order valence-corrected chi connectivity index (χ0v) is 14.2. The number of hydrogen-bond donors (Lipinski definition) is 3. The fraction of sp³-hybridized carbons (Fsp3) is 0.529. The van der Waals surface area contributed by atoms with E-state index in [4.69, 9.17) is 5.73 Å². The topological polar surface area (TPSA) is 84.2 Å². The molecule has 7 heteroatoms. The average molecular weight is 351 g/mol. The first-order valence-corrected chi connectivity index (χ1v) is 9.28. The molecule has 3 unspecified atom stereocenters.